The van der Waals surface area contributed by atoms with E-state index >= 15 is 0 Å². The molecule has 0 aromatic carbocycles. The lowest BCUT2D eigenvalue weighted by Gasteiger charge is -2.18. The van der Waals surface area contributed by atoms with Crippen LogP contribution in [-0.4, -0.2) is 35.8 Å². The number of amides is 2. The second-order valence-corrected chi connectivity index (χ2v) is 5.29. The van der Waals surface area contributed by atoms with Gasteiger partial charge in [0.1, 0.15) is 0 Å². The highest BCUT2D eigenvalue weighted by atomic mass is 16.2. The minimum Gasteiger partial charge on any atom is -0.353 e. The molecular formula is C14H26N2O2. The molecule has 1 aliphatic rings. The molecule has 0 aromatic heterocycles. The van der Waals surface area contributed by atoms with Crippen molar-refractivity contribution in [2.24, 2.45) is 5.92 Å². The van der Waals surface area contributed by atoms with Crippen molar-refractivity contribution in [3.05, 3.63) is 0 Å². The lowest BCUT2D eigenvalue weighted by atomic mass is 10.1. The van der Waals surface area contributed by atoms with E-state index < -0.39 is 0 Å². The van der Waals surface area contributed by atoms with Crippen molar-refractivity contribution in [3.63, 3.8) is 0 Å². The third-order valence-electron chi connectivity index (χ3n) is 3.48. The first-order chi connectivity index (χ1) is 8.58. The highest BCUT2D eigenvalue weighted by molar-refractivity contribution is 5.89. The van der Waals surface area contributed by atoms with Gasteiger partial charge in [0.25, 0.3) is 0 Å². The van der Waals surface area contributed by atoms with Gasteiger partial charge in [-0.3, -0.25) is 9.59 Å². The minimum atomic E-state index is -0.145. The Bertz CT molecular complexity index is 292. The van der Waals surface area contributed by atoms with E-state index in [2.05, 4.69) is 19.2 Å². The van der Waals surface area contributed by atoms with Crippen molar-refractivity contribution in [1.82, 2.24) is 10.2 Å². The summed E-state index contributed by atoms with van der Waals surface area (Å²) in [5.41, 5.74) is 0. The number of unbranched alkanes of at least 4 members (excludes halogenated alkanes) is 1. The first kappa shape index (κ1) is 15.0. The molecule has 1 aliphatic heterocycles. The Hall–Kier alpha value is -1.06. The fourth-order valence-electron chi connectivity index (χ4n) is 2.38. The predicted octanol–water partition coefficient (Wildman–Crippen LogP) is 1.94. The van der Waals surface area contributed by atoms with Crippen LogP contribution in [0.3, 0.4) is 0 Å². The van der Waals surface area contributed by atoms with E-state index in [1.165, 1.54) is 0 Å². The van der Waals surface area contributed by atoms with Crippen LogP contribution >= 0.6 is 0 Å². The van der Waals surface area contributed by atoms with Gasteiger partial charge in [0.2, 0.25) is 11.8 Å². The number of nitrogens with one attached hydrogen (secondary N) is 1. The molecule has 1 fully saturated rings. The molecule has 1 N–H and O–H groups in total. The Morgan fingerprint density at radius 1 is 1.44 bits per heavy atom. The standard InChI is InChI=1S/C14H26N2O2/c1-4-6-8-16-10-12(9-13(16)17)14(18)15-11(3)7-5-2/h11-12H,4-10H2,1-3H3,(H,15,18)/t11-,12+/m1/s1. The lowest BCUT2D eigenvalue weighted by Crippen LogP contribution is -2.38. The molecule has 4 heteroatoms. The maximum atomic E-state index is 12.0. The first-order valence-corrected chi connectivity index (χ1v) is 7.16. The normalized spacial score (nSPS) is 21.2. The van der Waals surface area contributed by atoms with Crippen LogP contribution in [0, 0.1) is 5.92 Å². The van der Waals surface area contributed by atoms with Gasteiger partial charge < -0.3 is 10.2 Å². The van der Waals surface area contributed by atoms with Crippen LogP contribution in [0.4, 0.5) is 0 Å². The van der Waals surface area contributed by atoms with Crippen molar-refractivity contribution < 1.29 is 9.59 Å². The third-order valence-corrected chi connectivity index (χ3v) is 3.48. The molecule has 0 spiro atoms. The van der Waals surface area contributed by atoms with E-state index in [9.17, 15) is 9.59 Å². The summed E-state index contributed by atoms with van der Waals surface area (Å²) >= 11 is 0. The van der Waals surface area contributed by atoms with Crippen molar-refractivity contribution in [1.29, 1.82) is 0 Å². The van der Waals surface area contributed by atoms with Crippen LogP contribution < -0.4 is 5.32 Å². The summed E-state index contributed by atoms with van der Waals surface area (Å²) < 4.78 is 0. The van der Waals surface area contributed by atoms with Gasteiger partial charge in [0.05, 0.1) is 5.92 Å². The Labute approximate surface area is 110 Å². The Balaban J connectivity index is 2.39. The summed E-state index contributed by atoms with van der Waals surface area (Å²) in [5, 5.41) is 3.00. The zero-order valence-corrected chi connectivity index (χ0v) is 11.9. The molecule has 0 saturated carbocycles. The number of likely N-dealkylation sites (tertiary alicyclic amines) is 1. The van der Waals surface area contributed by atoms with E-state index in [0.717, 1.165) is 32.2 Å². The summed E-state index contributed by atoms with van der Waals surface area (Å²) in [4.78, 5) is 25.6. The summed E-state index contributed by atoms with van der Waals surface area (Å²) in [6, 6.07) is 0.210. The molecule has 1 saturated heterocycles. The van der Waals surface area contributed by atoms with Gasteiger partial charge in [-0.2, -0.15) is 0 Å². The SMILES string of the molecule is CCCCN1C[C@@H](C(=O)N[C@H](C)CCC)CC1=O. The van der Waals surface area contributed by atoms with Gasteiger partial charge in [0.15, 0.2) is 0 Å². The second-order valence-electron chi connectivity index (χ2n) is 5.29. The van der Waals surface area contributed by atoms with Gasteiger partial charge in [-0.1, -0.05) is 26.7 Å². The molecule has 1 heterocycles. The van der Waals surface area contributed by atoms with Crippen LogP contribution in [0.2, 0.25) is 0 Å². The zero-order chi connectivity index (χ0) is 13.5. The number of carbonyl (C=O) groups excluding carboxylic acids is 2. The van der Waals surface area contributed by atoms with Crippen LogP contribution in [0.25, 0.3) is 0 Å². The maximum absolute atomic E-state index is 12.0. The van der Waals surface area contributed by atoms with Crippen LogP contribution in [0.15, 0.2) is 0 Å². The molecule has 0 bridgehead atoms. The Kier molecular flexibility index (Phi) is 6.16. The smallest absolute Gasteiger partial charge is 0.225 e. The van der Waals surface area contributed by atoms with Gasteiger partial charge in [-0.05, 0) is 19.8 Å². The molecule has 4 nitrogen and oxygen atoms in total. The van der Waals surface area contributed by atoms with Crippen molar-refractivity contribution in [2.75, 3.05) is 13.1 Å². The average Bonchev–Trinajstić information content (AvgIpc) is 2.68. The molecule has 18 heavy (non-hydrogen) atoms. The third kappa shape index (κ3) is 4.31. The lowest BCUT2D eigenvalue weighted by molar-refractivity contribution is -0.129. The number of hydrogen-bond donors (Lipinski definition) is 1. The van der Waals surface area contributed by atoms with Crippen molar-refractivity contribution in [3.8, 4) is 0 Å². The largest absolute Gasteiger partial charge is 0.353 e. The van der Waals surface area contributed by atoms with Gasteiger partial charge >= 0.3 is 0 Å². The molecule has 0 unspecified atom stereocenters. The molecule has 104 valence electrons. The summed E-state index contributed by atoms with van der Waals surface area (Å²) in [6.07, 6.45) is 4.54. The van der Waals surface area contributed by atoms with Gasteiger partial charge in [-0.15, -0.1) is 0 Å². The average molecular weight is 254 g/mol. The van der Waals surface area contributed by atoms with Crippen molar-refractivity contribution >= 4 is 11.8 Å². The monoisotopic (exact) mass is 254 g/mol. The molecule has 2 atom stereocenters. The van der Waals surface area contributed by atoms with Crippen LogP contribution in [0.5, 0.6) is 0 Å². The zero-order valence-electron chi connectivity index (χ0n) is 11.9. The van der Waals surface area contributed by atoms with E-state index in [0.29, 0.717) is 13.0 Å². The van der Waals surface area contributed by atoms with Gasteiger partial charge in [0, 0.05) is 25.6 Å². The fraction of sp³-hybridized carbons (Fsp3) is 0.857. The van der Waals surface area contributed by atoms with E-state index in [-0.39, 0.29) is 23.8 Å². The summed E-state index contributed by atoms with van der Waals surface area (Å²) in [7, 11) is 0. The fourth-order valence-corrected chi connectivity index (χ4v) is 2.38. The second kappa shape index (κ2) is 7.39. The maximum Gasteiger partial charge on any atom is 0.225 e. The van der Waals surface area contributed by atoms with E-state index in [1.807, 2.05) is 11.8 Å². The molecule has 1 rings (SSSR count). The predicted molar refractivity (Wildman–Crippen MR) is 72.1 cm³/mol. The molecule has 0 aliphatic carbocycles. The topological polar surface area (TPSA) is 49.4 Å². The van der Waals surface area contributed by atoms with E-state index in [1.54, 1.807) is 0 Å². The number of rotatable bonds is 7. The molecule has 0 radical (unpaired) electrons. The highest BCUT2D eigenvalue weighted by Crippen LogP contribution is 2.18. The van der Waals surface area contributed by atoms with Gasteiger partial charge in [-0.25, -0.2) is 0 Å². The van der Waals surface area contributed by atoms with Crippen LogP contribution in [0.1, 0.15) is 52.9 Å². The quantitative estimate of drug-likeness (QED) is 0.755. The number of hydrogen-bond acceptors (Lipinski definition) is 2. The summed E-state index contributed by atoms with van der Waals surface area (Å²) in [5.74, 6) is 0.0312. The molecule has 0 aromatic rings. The first-order valence-electron chi connectivity index (χ1n) is 7.16. The molecule has 2 amide bonds. The highest BCUT2D eigenvalue weighted by Gasteiger charge is 2.33. The molecular weight excluding hydrogens is 228 g/mol. The van der Waals surface area contributed by atoms with Crippen LogP contribution in [-0.2, 0) is 9.59 Å². The van der Waals surface area contributed by atoms with Crippen molar-refractivity contribution in [2.45, 2.75) is 58.9 Å². The summed E-state index contributed by atoms with van der Waals surface area (Å²) in [6.45, 7) is 7.63. The number of nitrogens with zero attached hydrogens (tertiary/aromatic N) is 1. The Morgan fingerprint density at radius 2 is 2.17 bits per heavy atom. The minimum absolute atomic E-state index is 0.0447. The number of carbonyl (C=O) groups is 2. The van der Waals surface area contributed by atoms with E-state index in [4.69, 9.17) is 0 Å². The Morgan fingerprint density at radius 3 is 2.78 bits per heavy atom.